The average molecular weight is 1200 g/mol. The van der Waals surface area contributed by atoms with Gasteiger partial charge in [-0.05, 0) is 31.6 Å². The van der Waals surface area contributed by atoms with E-state index in [4.69, 9.17) is 37.0 Å². The molecule has 3 N–H and O–H groups in total. The van der Waals surface area contributed by atoms with Crippen LogP contribution in [-0.2, 0) is 65.4 Å². The number of carbonyl (C=O) groups excluding carboxylic acids is 4. The topological polar surface area (TPSA) is 237 Å². The number of hydrogen-bond donors (Lipinski definition) is 3. The van der Waals surface area contributed by atoms with Crippen molar-refractivity contribution in [1.82, 2.24) is 0 Å². The molecular weight excluding hydrogens is 1080 g/mol. The van der Waals surface area contributed by atoms with Gasteiger partial charge in [0.1, 0.15) is 19.3 Å². The van der Waals surface area contributed by atoms with Gasteiger partial charge in [-0.3, -0.25) is 37.3 Å². The highest BCUT2D eigenvalue weighted by Crippen LogP contribution is 2.45. The number of esters is 4. The van der Waals surface area contributed by atoms with E-state index in [-0.39, 0.29) is 25.7 Å². The van der Waals surface area contributed by atoms with E-state index in [2.05, 4.69) is 34.6 Å². The summed E-state index contributed by atoms with van der Waals surface area (Å²) in [6, 6.07) is 0. The van der Waals surface area contributed by atoms with Crippen LogP contribution in [0.2, 0.25) is 0 Å². The minimum Gasteiger partial charge on any atom is -0.462 e. The van der Waals surface area contributed by atoms with Gasteiger partial charge in [0.15, 0.2) is 12.2 Å². The van der Waals surface area contributed by atoms with Crippen LogP contribution in [0, 0.1) is 5.92 Å². The van der Waals surface area contributed by atoms with Crippen LogP contribution in [0.25, 0.3) is 0 Å². The fourth-order valence-electron chi connectivity index (χ4n) is 9.20. The van der Waals surface area contributed by atoms with E-state index >= 15 is 0 Å². The van der Waals surface area contributed by atoms with E-state index in [1.165, 1.54) is 128 Å². The summed E-state index contributed by atoms with van der Waals surface area (Å²) >= 11 is 0. The Balaban J connectivity index is 5.18. The lowest BCUT2D eigenvalue weighted by Gasteiger charge is -2.21. The van der Waals surface area contributed by atoms with Crippen LogP contribution >= 0.6 is 15.6 Å². The minimum atomic E-state index is -4.94. The third-order valence-electron chi connectivity index (χ3n) is 14.6. The number of ether oxygens (including phenoxy) is 4. The van der Waals surface area contributed by atoms with Crippen molar-refractivity contribution in [3.05, 3.63) is 0 Å². The van der Waals surface area contributed by atoms with Crippen LogP contribution in [-0.4, -0.2) is 96.7 Å². The second-order valence-electron chi connectivity index (χ2n) is 22.7. The molecule has 0 aliphatic carbocycles. The molecule has 0 saturated carbocycles. The first-order chi connectivity index (χ1) is 39.1. The van der Waals surface area contributed by atoms with Crippen LogP contribution in [0.1, 0.15) is 311 Å². The molecule has 0 rings (SSSR count). The Kier molecular flexibility index (Phi) is 54.6. The fraction of sp³-hybridized carbons (Fsp3) is 0.935. The Morgan fingerprint density at radius 3 is 0.877 bits per heavy atom. The van der Waals surface area contributed by atoms with Crippen molar-refractivity contribution < 1.29 is 80.2 Å². The number of carbonyl (C=O) groups is 4. The van der Waals surface area contributed by atoms with Gasteiger partial charge in [0, 0.05) is 25.7 Å². The van der Waals surface area contributed by atoms with Gasteiger partial charge < -0.3 is 33.8 Å². The molecule has 0 radical (unpaired) electrons. The van der Waals surface area contributed by atoms with E-state index in [0.29, 0.717) is 25.7 Å². The molecule has 0 aliphatic heterocycles. The Bertz CT molecular complexity index is 1590. The van der Waals surface area contributed by atoms with E-state index in [9.17, 15) is 43.2 Å². The Morgan fingerprint density at radius 1 is 0.346 bits per heavy atom. The molecule has 480 valence electrons. The van der Waals surface area contributed by atoms with Gasteiger partial charge in [0.2, 0.25) is 0 Å². The zero-order valence-corrected chi connectivity index (χ0v) is 53.7. The summed E-state index contributed by atoms with van der Waals surface area (Å²) in [6.07, 6.45) is 39.1. The lowest BCUT2D eigenvalue weighted by atomic mass is 9.99. The molecule has 0 bridgehead atoms. The zero-order valence-electron chi connectivity index (χ0n) is 51.9. The van der Waals surface area contributed by atoms with Crippen molar-refractivity contribution in [2.45, 2.75) is 329 Å². The number of hydrogen-bond acceptors (Lipinski definition) is 15. The number of phosphoric acid groups is 2. The second kappa shape index (κ2) is 55.9. The monoisotopic (exact) mass is 1200 g/mol. The highest BCUT2D eigenvalue weighted by molar-refractivity contribution is 7.47. The predicted molar refractivity (Wildman–Crippen MR) is 322 cm³/mol. The standard InChI is InChI=1S/C62H120O17P2/c1-6-10-13-16-18-20-22-23-28-31-36-41-46-60(65)73-52-58(79-62(67)48-43-38-33-29-25-24-26-30-35-39-44-55(5)9-4)54-77-81(70,71)75-50-56(63)49-74-80(68,69)76-53-57(51-72-59(64)45-40-34-15-12-8-3)78-61(66)47-42-37-32-27-21-19-17-14-11-7-2/h55-58,63H,6-54H2,1-5H3,(H,68,69)(H,70,71)/t55?,56-,57+,58+/m0/s1. The highest BCUT2D eigenvalue weighted by Gasteiger charge is 2.30. The molecule has 3 unspecified atom stereocenters. The maximum absolute atomic E-state index is 13.0. The molecule has 0 spiro atoms. The van der Waals surface area contributed by atoms with Crippen LogP contribution in [0.15, 0.2) is 0 Å². The van der Waals surface area contributed by atoms with E-state index < -0.39 is 97.5 Å². The molecule has 81 heavy (non-hydrogen) atoms. The summed E-state index contributed by atoms with van der Waals surface area (Å²) in [5.41, 5.74) is 0. The van der Waals surface area contributed by atoms with Gasteiger partial charge in [-0.2, -0.15) is 0 Å². The molecule has 19 heteroatoms. The van der Waals surface area contributed by atoms with Crippen molar-refractivity contribution in [3.8, 4) is 0 Å². The van der Waals surface area contributed by atoms with Crippen LogP contribution in [0.4, 0.5) is 0 Å². The van der Waals surface area contributed by atoms with Gasteiger partial charge >= 0.3 is 39.5 Å². The number of aliphatic hydroxyl groups excluding tert-OH is 1. The lowest BCUT2D eigenvalue weighted by Crippen LogP contribution is -2.30. The lowest BCUT2D eigenvalue weighted by molar-refractivity contribution is -0.161. The fourth-order valence-corrected chi connectivity index (χ4v) is 10.8. The SMILES string of the molecule is CCCCCCCCCCCCCCC(=O)OC[C@H](COP(=O)(O)OC[C@@H](O)COP(=O)(O)OC[C@@H](COC(=O)CCCCCCC)OC(=O)CCCCCCCCCCCC)OC(=O)CCCCCCCCCCCCC(C)CC. The van der Waals surface area contributed by atoms with Crippen molar-refractivity contribution in [3.63, 3.8) is 0 Å². The van der Waals surface area contributed by atoms with Crippen LogP contribution in [0.5, 0.6) is 0 Å². The second-order valence-corrected chi connectivity index (χ2v) is 25.6. The quantitative estimate of drug-likeness (QED) is 0.0222. The summed E-state index contributed by atoms with van der Waals surface area (Å²) in [5, 5.41) is 10.5. The van der Waals surface area contributed by atoms with Crippen molar-refractivity contribution in [2.24, 2.45) is 5.92 Å². The van der Waals surface area contributed by atoms with E-state index in [1.54, 1.807) is 0 Å². The Labute approximate surface area is 492 Å². The number of phosphoric ester groups is 2. The normalized spacial score (nSPS) is 14.6. The van der Waals surface area contributed by atoms with Crippen molar-refractivity contribution in [1.29, 1.82) is 0 Å². The largest absolute Gasteiger partial charge is 0.472 e. The van der Waals surface area contributed by atoms with Gasteiger partial charge in [-0.25, -0.2) is 9.13 Å². The molecular formula is C62H120O17P2. The summed E-state index contributed by atoms with van der Waals surface area (Å²) < 4.78 is 67.7. The Morgan fingerprint density at radius 2 is 0.593 bits per heavy atom. The molecule has 6 atom stereocenters. The number of aliphatic hydroxyl groups is 1. The first-order valence-electron chi connectivity index (χ1n) is 32.7. The number of rotatable bonds is 62. The van der Waals surface area contributed by atoms with E-state index in [0.717, 1.165) is 102 Å². The molecule has 17 nitrogen and oxygen atoms in total. The molecule has 0 saturated heterocycles. The minimum absolute atomic E-state index is 0.105. The molecule has 0 amide bonds. The smallest absolute Gasteiger partial charge is 0.462 e. The molecule has 0 fully saturated rings. The third kappa shape index (κ3) is 55.7. The Hall–Kier alpha value is -1.94. The predicted octanol–water partition coefficient (Wildman–Crippen LogP) is 17.0. The van der Waals surface area contributed by atoms with Gasteiger partial charge in [-0.1, -0.05) is 259 Å². The van der Waals surface area contributed by atoms with Crippen molar-refractivity contribution in [2.75, 3.05) is 39.6 Å². The summed E-state index contributed by atoms with van der Waals surface area (Å²) in [5.74, 6) is -1.34. The van der Waals surface area contributed by atoms with Gasteiger partial charge in [0.25, 0.3) is 0 Å². The first-order valence-corrected chi connectivity index (χ1v) is 35.7. The summed E-state index contributed by atoms with van der Waals surface area (Å²) in [4.78, 5) is 71.9. The molecule has 0 heterocycles. The maximum Gasteiger partial charge on any atom is 0.472 e. The van der Waals surface area contributed by atoms with Crippen LogP contribution < -0.4 is 0 Å². The number of unbranched alkanes of at least 4 members (excludes halogenated alkanes) is 33. The molecule has 0 aromatic carbocycles. The van der Waals surface area contributed by atoms with Gasteiger partial charge in [-0.15, -0.1) is 0 Å². The maximum atomic E-state index is 13.0. The van der Waals surface area contributed by atoms with Crippen LogP contribution in [0.3, 0.4) is 0 Å². The van der Waals surface area contributed by atoms with Crippen molar-refractivity contribution >= 4 is 39.5 Å². The summed E-state index contributed by atoms with van der Waals surface area (Å²) in [6.45, 7) is 7.11. The zero-order chi connectivity index (χ0) is 59.9. The molecule has 0 aromatic rings. The van der Waals surface area contributed by atoms with Gasteiger partial charge in [0.05, 0.1) is 26.4 Å². The molecule has 0 aliphatic rings. The summed E-state index contributed by atoms with van der Waals surface area (Å²) in [7, 11) is -9.87. The average Bonchev–Trinajstić information content (AvgIpc) is 3.44. The third-order valence-corrected chi connectivity index (χ3v) is 16.5. The first kappa shape index (κ1) is 79.1. The highest BCUT2D eigenvalue weighted by atomic mass is 31.2. The molecule has 0 aromatic heterocycles. The van der Waals surface area contributed by atoms with E-state index in [1.807, 2.05) is 0 Å².